The Morgan fingerprint density at radius 3 is 1.42 bits per heavy atom. The molecule has 9 aromatic carbocycles. The van der Waals surface area contributed by atoms with E-state index in [1.807, 2.05) is 0 Å². The van der Waals surface area contributed by atoms with Crippen molar-refractivity contribution >= 4 is 66.4 Å². The Morgan fingerprint density at radius 1 is 0.339 bits per heavy atom. The van der Waals surface area contributed by atoms with Crippen LogP contribution < -0.4 is 9.80 Å². The number of anilines is 6. The standard InChI is InChI=1S/C57H50N2/c1-35-19-25-41(26-20-35)58(51-31-37(3)17-23-39(51)5)43-29-30-48-49(33-43)44-13-9-11-15-46(44)54-50-34-53(45-14-10-12-16-47(45)55(50)57(7,8)56(48)54)59(42-27-21-36(2)22-28-42)52-32-38(4)18-24-40(52)6/h9-34H,1-8H3. The van der Waals surface area contributed by atoms with E-state index in [1.165, 1.54) is 105 Å². The highest BCUT2D eigenvalue weighted by molar-refractivity contribution is 6.21. The lowest BCUT2D eigenvalue weighted by molar-refractivity contribution is 0.672. The highest BCUT2D eigenvalue weighted by atomic mass is 15.2. The minimum Gasteiger partial charge on any atom is -0.310 e. The predicted octanol–water partition coefficient (Wildman–Crippen LogP) is 16.2. The summed E-state index contributed by atoms with van der Waals surface area (Å²) in [6, 6.07) is 59.5. The van der Waals surface area contributed by atoms with Gasteiger partial charge in [-0.15, -0.1) is 0 Å². The molecule has 10 rings (SSSR count). The van der Waals surface area contributed by atoms with Crippen molar-refractivity contribution in [3.63, 3.8) is 0 Å². The number of hydrogen-bond donors (Lipinski definition) is 0. The van der Waals surface area contributed by atoms with Crippen molar-refractivity contribution in [2.75, 3.05) is 9.80 Å². The molecule has 0 saturated heterocycles. The molecule has 288 valence electrons. The second kappa shape index (κ2) is 13.7. The first-order valence-corrected chi connectivity index (χ1v) is 20.9. The molecule has 2 nitrogen and oxygen atoms in total. The van der Waals surface area contributed by atoms with Crippen LogP contribution in [0.5, 0.6) is 0 Å². The summed E-state index contributed by atoms with van der Waals surface area (Å²) in [5.41, 5.74) is 19.8. The predicted molar refractivity (Wildman–Crippen MR) is 254 cm³/mol. The Hall–Kier alpha value is -6.64. The van der Waals surface area contributed by atoms with E-state index in [2.05, 4.69) is 223 Å². The quantitative estimate of drug-likeness (QED) is 0.156. The van der Waals surface area contributed by atoms with Crippen LogP contribution in [0.2, 0.25) is 0 Å². The van der Waals surface area contributed by atoms with Crippen molar-refractivity contribution in [3.8, 4) is 11.1 Å². The van der Waals surface area contributed by atoms with Gasteiger partial charge in [-0.3, -0.25) is 0 Å². The monoisotopic (exact) mass is 762 g/mol. The zero-order valence-electron chi connectivity index (χ0n) is 35.4. The minimum atomic E-state index is -0.273. The van der Waals surface area contributed by atoms with Crippen LogP contribution in [0.4, 0.5) is 34.1 Å². The third-order valence-electron chi connectivity index (χ3n) is 12.8. The Kier molecular flexibility index (Phi) is 8.54. The SMILES string of the molecule is Cc1ccc(N(c2ccc3c4c(c5ccccc5c3c2)-c2cc(N(c3ccc(C)cc3)c3cc(C)ccc3C)c3ccccc3c2C4(C)C)c2cc(C)ccc2C)cc1. The first-order valence-electron chi connectivity index (χ1n) is 20.9. The number of aryl methyl sites for hydroxylation is 6. The molecule has 0 bridgehead atoms. The molecular formula is C57H50N2. The van der Waals surface area contributed by atoms with E-state index < -0.39 is 0 Å². The van der Waals surface area contributed by atoms with Gasteiger partial charge in [0.2, 0.25) is 0 Å². The summed E-state index contributed by atoms with van der Waals surface area (Å²) in [5, 5.41) is 7.72. The number of hydrogen-bond acceptors (Lipinski definition) is 2. The van der Waals surface area contributed by atoms with Gasteiger partial charge in [0.05, 0.1) is 5.69 Å². The van der Waals surface area contributed by atoms with Gasteiger partial charge in [-0.2, -0.15) is 0 Å². The topological polar surface area (TPSA) is 6.48 Å². The number of nitrogens with zero attached hydrogens (tertiary/aromatic N) is 2. The normalized spacial score (nSPS) is 12.9. The summed E-state index contributed by atoms with van der Waals surface area (Å²) in [4.78, 5) is 4.94. The number of fused-ring (bicyclic) bond motifs is 10. The van der Waals surface area contributed by atoms with Crippen LogP contribution in [-0.2, 0) is 5.41 Å². The molecule has 59 heavy (non-hydrogen) atoms. The van der Waals surface area contributed by atoms with E-state index in [9.17, 15) is 0 Å². The molecule has 1 aliphatic rings. The molecular weight excluding hydrogens is 713 g/mol. The minimum absolute atomic E-state index is 0.273. The highest BCUT2D eigenvalue weighted by Crippen LogP contribution is 2.59. The molecule has 0 spiro atoms. The molecule has 0 saturated carbocycles. The Morgan fingerprint density at radius 2 is 0.814 bits per heavy atom. The third kappa shape index (κ3) is 5.84. The molecule has 0 atom stereocenters. The Bertz CT molecular complexity index is 3130. The lowest BCUT2D eigenvalue weighted by Gasteiger charge is -2.31. The van der Waals surface area contributed by atoms with Crippen molar-refractivity contribution in [2.24, 2.45) is 0 Å². The lowest BCUT2D eigenvalue weighted by atomic mass is 9.77. The summed E-state index contributed by atoms with van der Waals surface area (Å²) >= 11 is 0. The summed E-state index contributed by atoms with van der Waals surface area (Å²) in [7, 11) is 0. The van der Waals surface area contributed by atoms with Gasteiger partial charge in [-0.05, 0) is 168 Å². The van der Waals surface area contributed by atoms with Gasteiger partial charge in [-0.25, -0.2) is 0 Å². The van der Waals surface area contributed by atoms with Crippen LogP contribution in [0.1, 0.15) is 58.4 Å². The summed E-state index contributed by atoms with van der Waals surface area (Å²) in [6.07, 6.45) is 0. The molecule has 0 unspecified atom stereocenters. The highest BCUT2D eigenvalue weighted by Gasteiger charge is 2.41. The second-order valence-corrected chi connectivity index (χ2v) is 17.4. The molecule has 2 heteroatoms. The summed E-state index contributed by atoms with van der Waals surface area (Å²) < 4.78 is 0. The van der Waals surface area contributed by atoms with Crippen molar-refractivity contribution in [1.29, 1.82) is 0 Å². The average molecular weight is 763 g/mol. The van der Waals surface area contributed by atoms with Gasteiger partial charge >= 0.3 is 0 Å². The number of benzene rings is 9. The molecule has 0 heterocycles. The summed E-state index contributed by atoms with van der Waals surface area (Å²) in [6.45, 7) is 18.1. The van der Waals surface area contributed by atoms with Crippen LogP contribution in [0.25, 0.3) is 43.4 Å². The molecule has 0 fully saturated rings. The van der Waals surface area contributed by atoms with Crippen molar-refractivity contribution in [3.05, 3.63) is 202 Å². The summed E-state index contributed by atoms with van der Waals surface area (Å²) in [5.74, 6) is 0. The average Bonchev–Trinajstić information content (AvgIpc) is 3.48. The molecule has 0 amide bonds. The Balaban J connectivity index is 1.27. The molecule has 0 N–H and O–H groups in total. The van der Waals surface area contributed by atoms with Crippen LogP contribution >= 0.6 is 0 Å². The fourth-order valence-corrected chi connectivity index (χ4v) is 9.93. The van der Waals surface area contributed by atoms with E-state index in [4.69, 9.17) is 0 Å². The zero-order valence-corrected chi connectivity index (χ0v) is 35.4. The Labute approximate surface area is 349 Å². The van der Waals surface area contributed by atoms with Gasteiger partial charge in [0.25, 0.3) is 0 Å². The van der Waals surface area contributed by atoms with Gasteiger partial charge in [0.15, 0.2) is 0 Å². The van der Waals surface area contributed by atoms with E-state index >= 15 is 0 Å². The largest absolute Gasteiger partial charge is 0.310 e. The molecule has 0 aromatic heterocycles. The van der Waals surface area contributed by atoms with Gasteiger partial charge in [0, 0.05) is 39.2 Å². The first kappa shape index (κ1) is 36.7. The van der Waals surface area contributed by atoms with Gasteiger partial charge in [0.1, 0.15) is 0 Å². The van der Waals surface area contributed by atoms with E-state index in [-0.39, 0.29) is 5.41 Å². The fraction of sp³-hybridized carbons (Fsp3) is 0.158. The first-order chi connectivity index (χ1) is 28.5. The lowest BCUT2D eigenvalue weighted by Crippen LogP contribution is -2.17. The van der Waals surface area contributed by atoms with Gasteiger partial charge < -0.3 is 9.80 Å². The van der Waals surface area contributed by atoms with Crippen molar-refractivity contribution in [1.82, 2.24) is 0 Å². The maximum atomic E-state index is 2.51. The third-order valence-corrected chi connectivity index (χ3v) is 12.8. The maximum absolute atomic E-state index is 2.51. The smallest absolute Gasteiger partial charge is 0.0546 e. The van der Waals surface area contributed by atoms with Crippen LogP contribution in [0.15, 0.2) is 158 Å². The molecule has 0 aliphatic heterocycles. The molecule has 1 aliphatic carbocycles. The zero-order chi connectivity index (χ0) is 40.7. The van der Waals surface area contributed by atoms with Crippen LogP contribution in [0, 0.1) is 41.5 Å². The van der Waals surface area contributed by atoms with Crippen LogP contribution in [0.3, 0.4) is 0 Å². The van der Waals surface area contributed by atoms with E-state index in [0.717, 1.165) is 17.1 Å². The molecule has 9 aromatic rings. The van der Waals surface area contributed by atoms with E-state index in [0.29, 0.717) is 0 Å². The van der Waals surface area contributed by atoms with E-state index in [1.54, 1.807) is 0 Å². The van der Waals surface area contributed by atoms with Crippen molar-refractivity contribution < 1.29 is 0 Å². The number of rotatable bonds is 6. The van der Waals surface area contributed by atoms with Crippen LogP contribution in [-0.4, -0.2) is 0 Å². The molecule has 0 radical (unpaired) electrons. The van der Waals surface area contributed by atoms with Crippen molar-refractivity contribution in [2.45, 2.75) is 60.8 Å². The second-order valence-electron chi connectivity index (χ2n) is 17.4. The fourth-order valence-electron chi connectivity index (χ4n) is 9.93. The van der Waals surface area contributed by atoms with Gasteiger partial charge in [-0.1, -0.05) is 128 Å². The maximum Gasteiger partial charge on any atom is 0.0546 e.